The van der Waals surface area contributed by atoms with E-state index in [-0.39, 0.29) is 0 Å². The number of fused-ring (bicyclic) bond motifs is 1. The van der Waals surface area contributed by atoms with Crippen molar-refractivity contribution in [2.45, 2.75) is 6.42 Å². The molecule has 13 heavy (non-hydrogen) atoms. The van der Waals surface area contributed by atoms with Crippen molar-refractivity contribution in [1.82, 2.24) is 0 Å². The standard InChI is InChI=1S/C9H8N2O2/c12-9(10-13)11-6-5-7-3-1-2-4-8(7)11/h1-4H,5-6H2. The summed E-state index contributed by atoms with van der Waals surface area (Å²) in [5.41, 5.74) is 1.91. The second kappa shape index (κ2) is 2.97. The van der Waals surface area contributed by atoms with Crippen LogP contribution in [0, 0.1) is 4.91 Å². The van der Waals surface area contributed by atoms with Gasteiger partial charge in [-0.1, -0.05) is 18.2 Å². The van der Waals surface area contributed by atoms with Crippen molar-refractivity contribution in [2.24, 2.45) is 5.18 Å². The lowest BCUT2D eigenvalue weighted by atomic mass is 10.2. The van der Waals surface area contributed by atoms with Crippen LogP contribution in [0.1, 0.15) is 5.56 Å². The third-order valence-corrected chi connectivity index (χ3v) is 2.20. The Kier molecular flexibility index (Phi) is 1.81. The third-order valence-electron chi connectivity index (χ3n) is 2.20. The number of rotatable bonds is 0. The molecule has 1 aromatic carbocycles. The summed E-state index contributed by atoms with van der Waals surface area (Å²) in [6.45, 7) is 0.559. The Morgan fingerprint density at radius 3 is 2.92 bits per heavy atom. The first-order valence-corrected chi connectivity index (χ1v) is 4.05. The quantitative estimate of drug-likeness (QED) is 0.567. The number of nitroso groups, excluding NO2 is 1. The molecule has 0 N–H and O–H groups in total. The van der Waals surface area contributed by atoms with E-state index in [0.717, 1.165) is 17.7 Å². The van der Waals surface area contributed by atoms with Crippen LogP contribution in [0.5, 0.6) is 0 Å². The number of carbonyl (C=O) groups excluding carboxylic acids is 1. The first kappa shape index (κ1) is 7.91. The molecule has 4 heteroatoms. The maximum atomic E-state index is 11.0. The second-order valence-corrected chi connectivity index (χ2v) is 2.90. The maximum Gasteiger partial charge on any atom is 0.385 e. The Morgan fingerprint density at radius 2 is 2.15 bits per heavy atom. The van der Waals surface area contributed by atoms with Gasteiger partial charge in [-0.05, 0) is 18.1 Å². The van der Waals surface area contributed by atoms with Gasteiger partial charge in [-0.25, -0.2) is 4.79 Å². The SMILES string of the molecule is O=NC(=O)N1CCc2ccccc21. The fourth-order valence-corrected chi connectivity index (χ4v) is 1.59. The van der Waals surface area contributed by atoms with Crippen LogP contribution in [0.2, 0.25) is 0 Å². The third kappa shape index (κ3) is 1.20. The monoisotopic (exact) mass is 176 g/mol. The largest absolute Gasteiger partial charge is 0.385 e. The number of anilines is 1. The van der Waals surface area contributed by atoms with Crippen molar-refractivity contribution >= 4 is 11.7 Å². The normalized spacial score (nSPS) is 14.0. The van der Waals surface area contributed by atoms with E-state index in [9.17, 15) is 9.70 Å². The summed E-state index contributed by atoms with van der Waals surface area (Å²) in [5, 5.41) is 2.41. The smallest absolute Gasteiger partial charge is 0.289 e. The minimum absolute atomic E-state index is 0.559. The molecule has 0 saturated heterocycles. The summed E-state index contributed by atoms with van der Waals surface area (Å²) in [6.07, 6.45) is 0.803. The molecule has 0 unspecified atom stereocenters. The molecule has 1 aliphatic rings. The van der Waals surface area contributed by atoms with Gasteiger partial charge >= 0.3 is 6.03 Å². The van der Waals surface area contributed by atoms with Crippen LogP contribution in [0.4, 0.5) is 10.5 Å². The van der Waals surface area contributed by atoms with E-state index in [0.29, 0.717) is 6.54 Å². The van der Waals surface area contributed by atoms with E-state index in [1.54, 1.807) is 0 Å². The molecule has 0 radical (unpaired) electrons. The molecular weight excluding hydrogens is 168 g/mol. The summed E-state index contributed by atoms with van der Waals surface area (Å²) in [4.78, 5) is 22.5. The van der Waals surface area contributed by atoms with Gasteiger partial charge in [0.1, 0.15) is 0 Å². The van der Waals surface area contributed by atoms with Gasteiger partial charge < -0.3 is 0 Å². The zero-order valence-corrected chi connectivity index (χ0v) is 6.93. The number of amides is 2. The Balaban J connectivity index is 2.38. The highest BCUT2D eigenvalue weighted by molar-refractivity contribution is 5.94. The molecule has 66 valence electrons. The Labute approximate surface area is 75.1 Å². The van der Waals surface area contributed by atoms with Crippen molar-refractivity contribution in [3.05, 3.63) is 34.7 Å². The molecular formula is C9H8N2O2. The molecule has 0 atom stereocenters. The summed E-state index contributed by atoms with van der Waals surface area (Å²) < 4.78 is 0. The minimum atomic E-state index is -0.704. The van der Waals surface area contributed by atoms with Gasteiger partial charge in [-0.3, -0.25) is 4.90 Å². The molecule has 4 nitrogen and oxygen atoms in total. The van der Waals surface area contributed by atoms with E-state index < -0.39 is 6.03 Å². The summed E-state index contributed by atoms with van der Waals surface area (Å²) in [6, 6.07) is 6.83. The van der Waals surface area contributed by atoms with Crippen LogP contribution in [0.3, 0.4) is 0 Å². The number of hydrogen-bond donors (Lipinski definition) is 0. The number of para-hydroxylation sites is 1. The van der Waals surface area contributed by atoms with Gasteiger partial charge in [0.2, 0.25) is 0 Å². The second-order valence-electron chi connectivity index (χ2n) is 2.90. The molecule has 1 aliphatic heterocycles. The van der Waals surface area contributed by atoms with Crippen LogP contribution in [0.25, 0.3) is 0 Å². The van der Waals surface area contributed by atoms with Gasteiger partial charge in [0.25, 0.3) is 0 Å². The molecule has 0 aromatic heterocycles. The molecule has 1 aromatic rings. The van der Waals surface area contributed by atoms with Gasteiger partial charge in [0.05, 0.1) is 0 Å². The maximum absolute atomic E-state index is 11.0. The first-order valence-electron chi connectivity index (χ1n) is 4.05. The van der Waals surface area contributed by atoms with E-state index >= 15 is 0 Å². The molecule has 2 amide bonds. The van der Waals surface area contributed by atoms with Crippen LogP contribution in [-0.2, 0) is 6.42 Å². The van der Waals surface area contributed by atoms with Crippen molar-refractivity contribution in [2.75, 3.05) is 11.4 Å². The summed E-state index contributed by atoms with van der Waals surface area (Å²) >= 11 is 0. The fourth-order valence-electron chi connectivity index (χ4n) is 1.59. The number of carbonyl (C=O) groups is 1. The minimum Gasteiger partial charge on any atom is -0.289 e. The Bertz CT molecular complexity index is 362. The van der Waals surface area contributed by atoms with Crippen LogP contribution >= 0.6 is 0 Å². The van der Waals surface area contributed by atoms with Crippen molar-refractivity contribution in [3.8, 4) is 0 Å². The van der Waals surface area contributed by atoms with Gasteiger partial charge in [0.15, 0.2) is 0 Å². The number of urea groups is 1. The highest BCUT2D eigenvalue weighted by Crippen LogP contribution is 2.27. The van der Waals surface area contributed by atoms with Crippen LogP contribution in [0.15, 0.2) is 29.4 Å². The van der Waals surface area contributed by atoms with E-state index in [4.69, 9.17) is 0 Å². The highest BCUT2D eigenvalue weighted by atomic mass is 16.3. The van der Waals surface area contributed by atoms with E-state index in [2.05, 4.69) is 5.18 Å². The van der Waals surface area contributed by atoms with Crippen molar-refractivity contribution in [1.29, 1.82) is 0 Å². The lowest BCUT2D eigenvalue weighted by Gasteiger charge is -2.11. The topological polar surface area (TPSA) is 49.7 Å². The molecule has 0 fully saturated rings. The van der Waals surface area contributed by atoms with Crippen LogP contribution in [-0.4, -0.2) is 12.6 Å². The molecule has 0 bridgehead atoms. The number of benzene rings is 1. The molecule has 0 aliphatic carbocycles. The van der Waals surface area contributed by atoms with Gasteiger partial charge in [-0.15, -0.1) is 4.91 Å². The molecule has 1 heterocycles. The zero-order valence-electron chi connectivity index (χ0n) is 6.93. The highest BCUT2D eigenvalue weighted by Gasteiger charge is 2.24. The van der Waals surface area contributed by atoms with Crippen LogP contribution < -0.4 is 4.90 Å². The zero-order chi connectivity index (χ0) is 9.26. The lowest BCUT2D eigenvalue weighted by Crippen LogP contribution is -2.25. The summed E-state index contributed by atoms with van der Waals surface area (Å²) in [5.74, 6) is 0. The Hall–Kier alpha value is -1.71. The number of hydrogen-bond acceptors (Lipinski definition) is 2. The van der Waals surface area contributed by atoms with Gasteiger partial charge in [-0.2, -0.15) is 0 Å². The average molecular weight is 176 g/mol. The summed E-state index contributed by atoms with van der Waals surface area (Å²) in [7, 11) is 0. The van der Waals surface area contributed by atoms with Crippen molar-refractivity contribution < 1.29 is 4.79 Å². The fraction of sp³-hybridized carbons (Fsp3) is 0.222. The van der Waals surface area contributed by atoms with E-state index in [1.165, 1.54) is 4.90 Å². The van der Waals surface area contributed by atoms with Crippen molar-refractivity contribution in [3.63, 3.8) is 0 Å². The number of nitrogens with zero attached hydrogens (tertiary/aromatic N) is 2. The molecule has 0 saturated carbocycles. The first-order chi connectivity index (χ1) is 6.33. The molecule has 0 spiro atoms. The predicted molar refractivity (Wildman–Crippen MR) is 48.7 cm³/mol. The Morgan fingerprint density at radius 1 is 1.38 bits per heavy atom. The molecule has 2 rings (SSSR count). The lowest BCUT2D eigenvalue weighted by molar-refractivity contribution is 0.254. The predicted octanol–water partition coefficient (Wildman–Crippen LogP) is 1.94. The van der Waals surface area contributed by atoms with E-state index in [1.807, 2.05) is 24.3 Å². The average Bonchev–Trinajstić information content (AvgIpc) is 2.60. The van der Waals surface area contributed by atoms with Gasteiger partial charge in [0, 0.05) is 17.4 Å².